The highest BCUT2D eigenvalue weighted by atomic mass is 32.2. The van der Waals surface area contributed by atoms with E-state index in [1.807, 2.05) is 19.1 Å². The lowest BCUT2D eigenvalue weighted by Crippen LogP contribution is -2.36. The Kier molecular flexibility index (Phi) is 6.29. The van der Waals surface area contributed by atoms with Gasteiger partial charge < -0.3 is 19.5 Å². The van der Waals surface area contributed by atoms with E-state index in [1.54, 1.807) is 13.0 Å². The number of nitrogens with one attached hydrogen (secondary N) is 1. The summed E-state index contributed by atoms with van der Waals surface area (Å²) in [6.07, 6.45) is 0. The van der Waals surface area contributed by atoms with E-state index in [-0.39, 0.29) is 4.90 Å². The average Bonchev–Trinajstić information content (AvgIpc) is 2.69. The Bertz CT molecular complexity index is 1000. The molecule has 0 bridgehead atoms. The van der Waals surface area contributed by atoms with E-state index in [1.165, 1.54) is 18.2 Å². The van der Waals surface area contributed by atoms with Crippen LogP contribution in [0.3, 0.4) is 0 Å². The van der Waals surface area contributed by atoms with Crippen molar-refractivity contribution in [1.82, 2.24) is 0 Å². The molecule has 0 unspecified atom stereocenters. The van der Waals surface area contributed by atoms with Crippen molar-refractivity contribution in [3.8, 4) is 5.75 Å². The number of carboxylic acids is 1. The lowest BCUT2D eigenvalue weighted by atomic mass is 10.1. The zero-order chi connectivity index (χ0) is 21.0. The number of ether oxygens (including phenoxy) is 2. The fraction of sp³-hybridized carbons (Fsp3) is 0.350. The molecule has 1 heterocycles. The van der Waals surface area contributed by atoms with Gasteiger partial charge in [0.15, 0.2) is 6.61 Å². The molecule has 1 aliphatic rings. The number of rotatable bonds is 7. The Labute approximate surface area is 170 Å². The summed E-state index contributed by atoms with van der Waals surface area (Å²) < 4.78 is 38.7. The van der Waals surface area contributed by atoms with Gasteiger partial charge in [0.05, 0.1) is 23.8 Å². The van der Waals surface area contributed by atoms with Crippen LogP contribution < -0.4 is 14.4 Å². The highest BCUT2D eigenvalue weighted by Crippen LogP contribution is 2.27. The molecule has 0 atom stereocenters. The van der Waals surface area contributed by atoms with Gasteiger partial charge in [-0.1, -0.05) is 0 Å². The number of carbonyl (C=O) groups is 1. The third-order valence-electron chi connectivity index (χ3n) is 4.64. The quantitative estimate of drug-likeness (QED) is 0.709. The number of benzene rings is 2. The third-order valence-corrected chi connectivity index (χ3v) is 6.00. The molecular formula is C20H24N2O6S. The molecule has 0 radical (unpaired) electrons. The number of morpholine rings is 1. The van der Waals surface area contributed by atoms with Crippen molar-refractivity contribution in [1.29, 1.82) is 0 Å². The maximum atomic E-state index is 12.8. The van der Waals surface area contributed by atoms with Gasteiger partial charge in [0.2, 0.25) is 0 Å². The van der Waals surface area contributed by atoms with Gasteiger partial charge >= 0.3 is 5.97 Å². The first-order valence-corrected chi connectivity index (χ1v) is 10.7. The van der Waals surface area contributed by atoms with Gasteiger partial charge in [0.25, 0.3) is 10.0 Å². The van der Waals surface area contributed by atoms with Crippen LogP contribution in [0.2, 0.25) is 0 Å². The molecule has 0 aliphatic carbocycles. The molecule has 9 heteroatoms. The minimum absolute atomic E-state index is 0.0781. The van der Waals surface area contributed by atoms with E-state index in [0.717, 1.165) is 24.3 Å². The molecule has 1 fully saturated rings. The zero-order valence-corrected chi connectivity index (χ0v) is 17.2. The first-order chi connectivity index (χ1) is 13.8. The van der Waals surface area contributed by atoms with Gasteiger partial charge in [0, 0.05) is 18.8 Å². The fourth-order valence-corrected chi connectivity index (χ4v) is 4.29. The molecule has 2 N–H and O–H groups in total. The third kappa shape index (κ3) is 5.18. The molecule has 2 aromatic rings. The Hall–Kier alpha value is -2.78. The molecule has 2 aromatic carbocycles. The van der Waals surface area contributed by atoms with Crippen molar-refractivity contribution < 1.29 is 27.8 Å². The molecule has 8 nitrogen and oxygen atoms in total. The molecule has 29 heavy (non-hydrogen) atoms. The van der Waals surface area contributed by atoms with E-state index in [2.05, 4.69) is 9.62 Å². The molecule has 1 aliphatic heterocycles. The monoisotopic (exact) mass is 420 g/mol. The maximum absolute atomic E-state index is 12.8. The largest absolute Gasteiger partial charge is 0.482 e. The predicted octanol–water partition coefficient (Wildman–Crippen LogP) is 2.40. The van der Waals surface area contributed by atoms with Crippen LogP contribution in [0, 0.1) is 13.8 Å². The van der Waals surface area contributed by atoms with Crippen LogP contribution in [-0.2, 0) is 19.6 Å². The SMILES string of the molecule is Cc1cc(N2CCOCC2)ccc1NS(=O)(=O)c1ccc(OCC(=O)O)c(C)c1. The second-order valence-electron chi connectivity index (χ2n) is 6.81. The Morgan fingerprint density at radius 3 is 2.48 bits per heavy atom. The number of hydrogen-bond acceptors (Lipinski definition) is 6. The molecule has 0 spiro atoms. The van der Waals surface area contributed by atoms with Crippen molar-refractivity contribution in [2.45, 2.75) is 18.7 Å². The summed E-state index contributed by atoms with van der Waals surface area (Å²) in [5.74, 6) is -0.767. The topological polar surface area (TPSA) is 105 Å². The second kappa shape index (κ2) is 8.71. The van der Waals surface area contributed by atoms with Crippen LogP contribution in [0.15, 0.2) is 41.3 Å². The molecule has 0 aromatic heterocycles. The van der Waals surface area contributed by atoms with Crippen molar-refractivity contribution in [2.24, 2.45) is 0 Å². The van der Waals surface area contributed by atoms with Crippen LogP contribution in [0.5, 0.6) is 5.75 Å². The van der Waals surface area contributed by atoms with Crippen LogP contribution in [0.1, 0.15) is 11.1 Å². The highest BCUT2D eigenvalue weighted by molar-refractivity contribution is 7.92. The normalized spacial score (nSPS) is 14.5. The Balaban J connectivity index is 1.76. The van der Waals surface area contributed by atoms with E-state index in [4.69, 9.17) is 14.6 Å². The lowest BCUT2D eigenvalue weighted by molar-refractivity contribution is -0.139. The van der Waals surface area contributed by atoms with Crippen LogP contribution >= 0.6 is 0 Å². The van der Waals surface area contributed by atoms with Gasteiger partial charge in [0.1, 0.15) is 5.75 Å². The van der Waals surface area contributed by atoms with E-state index in [9.17, 15) is 13.2 Å². The molecule has 156 valence electrons. The van der Waals surface area contributed by atoms with Crippen molar-refractivity contribution >= 4 is 27.4 Å². The zero-order valence-electron chi connectivity index (χ0n) is 16.3. The summed E-state index contributed by atoms with van der Waals surface area (Å²) in [6, 6.07) is 9.92. The summed E-state index contributed by atoms with van der Waals surface area (Å²) in [5.41, 5.74) is 2.89. The second-order valence-corrected chi connectivity index (χ2v) is 8.50. The number of aliphatic carboxylic acids is 1. The maximum Gasteiger partial charge on any atom is 0.341 e. The van der Waals surface area contributed by atoms with Gasteiger partial charge in [-0.3, -0.25) is 4.72 Å². The summed E-state index contributed by atoms with van der Waals surface area (Å²) in [5, 5.41) is 8.70. The van der Waals surface area contributed by atoms with Gasteiger partial charge in [-0.25, -0.2) is 13.2 Å². The summed E-state index contributed by atoms with van der Waals surface area (Å²) in [7, 11) is -3.80. The fourth-order valence-electron chi connectivity index (χ4n) is 3.07. The number of carboxylic acid groups (broad SMARTS) is 1. The molecule has 0 amide bonds. The molecule has 0 saturated carbocycles. The predicted molar refractivity (Wildman–Crippen MR) is 109 cm³/mol. The van der Waals surface area contributed by atoms with E-state index >= 15 is 0 Å². The number of hydrogen-bond donors (Lipinski definition) is 2. The number of aryl methyl sites for hydroxylation is 2. The van der Waals surface area contributed by atoms with Crippen molar-refractivity contribution in [3.05, 3.63) is 47.5 Å². The van der Waals surface area contributed by atoms with Gasteiger partial charge in [-0.15, -0.1) is 0 Å². The smallest absolute Gasteiger partial charge is 0.341 e. The summed E-state index contributed by atoms with van der Waals surface area (Å²) in [4.78, 5) is 12.9. The summed E-state index contributed by atoms with van der Waals surface area (Å²) in [6.45, 7) is 6.01. The number of sulfonamides is 1. The van der Waals surface area contributed by atoms with Crippen molar-refractivity contribution in [3.63, 3.8) is 0 Å². The van der Waals surface area contributed by atoms with Crippen molar-refractivity contribution in [2.75, 3.05) is 42.5 Å². The Morgan fingerprint density at radius 1 is 1.14 bits per heavy atom. The molecular weight excluding hydrogens is 396 g/mol. The first kappa shape index (κ1) is 20.9. The summed E-state index contributed by atoms with van der Waals surface area (Å²) >= 11 is 0. The minimum atomic E-state index is -3.80. The molecule has 3 rings (SSSR count). The van der Waals surface area contributed by atoms with Gasteiger partial charge in [-0.2, -0.15) is 0 Å². The Morgan fingerprint density at radius 2 is 1.86 bits per heavy atom. The van der Waals surface area contributed by atoms with Crippen LogP contribution in [-0.4, -0.2) is 52.4 Å². The number of nitrogens with zero attached hydrogens (tertiary/aromatic N) is 1. The van der Waals surface area contributed by atoms with Crippen LogP contribution in [0.4, 0.5) is 11.4 Å². The van der Waals surface area contributed by atoms with E-state index < -0.39 is 22.6 Å². The van der Waals surface area contributed by atoms with Gasteiger partial charge in [-0.05, 0) is 61.4 Å². The minimum Gasteiger partial charge on any atom is -0.482 e. The molecule has 1 saturated heterocycles. The van der Waals surface area contributed by atoms with E-state index in [0.29, 0.717) is 30.2 Å². The highest BCUT2D eigenvalue weighted by Gasteiger charge is 2.18. The lowest BCUT2D eigenvalue weighted by Gasteiger charge is -2.29. The first-order valence-electron chi connectivity index (χ1n) is 9.18. The standard InChI is InChI=1S/C20H24N2O6S/c1-14-11-16(22-7-9-27-10-8-22)3-5-18(14)21-29(25,26)17-4-6-19(15(2)12-17)28-13-20(23)24/h3-6,11-12,21H,7-10,13H2,1-2H3,(H,23,24). The number of anilines is 2. The van der Waals surface area contributed by atoms with Crippen LogP contribution in [0.25, 0.3) is 0 Å². The average molecular weight is 420 g/mol.